The molecule has 3 rings (SSSR count). The molecule has 1 aliphatic rings. The number of hydrogen-bond donors (Lipinski definition) is 0. The lowest BCUT2D eigenvalue weighted by molar-refractivity contribution is 0.402. The third-order valence-corrected chi connectivity index (χ3v) is 5.03. The van der Waals surface area contributed by atoms with E-state index >= 15 is 0 Å². The third-order valence-electron chi connectivity index (χ3n) is 3.21. The molecule has 8 nitrogen and oxygen atoms in total. The highest BCUT2D eigenvalue weighted by Gasteiger charge is 2.34. The lowest BCUT2D eigenvalue weighted by atomic mass is 10.3. The largest absolute Gasteiger partial charge is 0.274 e. The first-order valence-electron chi connectivity index (χ1n) is 5.92. The lowest BCUT2D eigenvalue weighted by Crippen LogP contribution is -2.29. The van der Waals surface area contributed by atoms with Gasteiger partial charge >= 0.3 is 0 Å². The minimum atomic E-state index is -3.46. The maximum Gasteiger partial charge on any atom is 0.246 e. The molecule has 0 bridgehead atoms. The standard InChI is InChI=1S/C10H14N6O2S/c1-14-8-10(6-13-14)19(17,18)15-5-2-9(7-15)16-11-3-4-12-16/h3-4,6,8-9H,2,5,7H2,1H3/t9-/m0/s1. The number of aryl methyl sites for hydroxylation is 1. The number of rotatable bonds is 3. The summed E-state index contributed by atoms with van der Waals surface area (Å²) in [6.45, 7) is 0.870. The topological polar surface area (TPSA) is 85.9 Å². The fraction of sp³-hybridized carbons (Fsp3) is 0.500. The fourth-order valence-corrected chi connectivity index (χ4v) is 3.69. The Bertz CT molecular complexity index is 662. The van der Waals surface area contributed by atoms with Gasteiger partial charge in [-0.15, -0.1) is 0 Å². The molecular weight excluding hydrogens is 268 g/mol. The smallest absolute Gasteiger partial charge is 0.246 e. The molecule has 9 heteroatoms. The van der Waals surface area contributed by atoms with Gasteiger partial charge in [0.05, 0.1) is 24.6 Å². The van der Waals surface area contributed by atoms with Crippen molar-refractivity contribution >= 4 is 10.0 Å². The van der Waals surface area contributed by atoms with E-state index in [1.165, 1.54) is 21.4 Å². The highest BCUT2D eigenvalue weighted by atomic mass is 32.2. The van der Waals surface area contributed by atoms with E-state index in [4.69, 9.17) is 0 Å². The SMILES string of the molecule is Cn1cc(S(=O)(=O)N2CC[C@H](n3nccn3)C2)cn1. The molecule has 2 aromatic rings. The molecule has 1 fully saturated rings. The van der Waals surface area contributed by atoms with Crippen molar-refractivity contribution in [2.24, 2.45) is 7.05 Å². The fourth-order valence-electron chi connectivity index (χ4n) is 2.21. The van der Waals surface area contributed by atoms with E-state index in [9.17, 15) is 8.42 Å². The van der Waals surface area contributed by atoms with Crippen LogP contribution in [0, 0.1) is 0 Å². The average molecular weight is 282 g/mol. The van der Waals surface area contributed by atoms with Crippen LogP contribution >= 0.6 is 0 Å². The van der Waals surface area contributed by atoms with Crippen LogP contribution in [0.15, 0.2) is 29.7 Å². The zero-order valence-corrected chi connectivity index (χ0v) is 11.2. The number of sulfonamides is 1. The number of nitrogens with zero attached hydrogens (tertiary/aromatic N) is 6. The van der Waals surface area contributed by atoms with Crippen molar-refractivity contribution in [3.63, 3.8) is 0 Å². The van der Waals surface area contributed by atoms with Crippen LogP contribution in [0.1, 0.15) is 12.5 Å². The zero-order valence-electron chi connectivity index (χ0n) is 10.4. The molecule has 2 aromatic heterocycles. The van der Waals surface area contributed by atoms with Gasteiger partial charge in [0.15, 0.2) is 0 Å². The predicted octanol–water partition coefficient (Wildman–Crippen LogP) is -0.353. The van der Waals surface area contributed by atoms with Gasteiger partial charge in [-0.2, -0.15) is 24.4 Å². The van der Waals surface area contributed by atoms with Crippen LogP contribution < -0.4 is 0 Å². The summed E-state index contributed by atoms with van der Waals surface area (Å²) in [7, 11) is -1.77. The Morgan fingerprint density at radius 3 is 2.63 bits per heavy atom. The van der Waals surface area contributed by atoms with Crippen LogP contribution in [0.5, 0.6) is 0 Å². The number of hydrogen-bond acceptors (Lipinski definition) is 5. The molecule has 0 N–H and O–H groups in total. The van der Waals surface area contributed by atoms with Crippen molar-refractivity contribution in [1.82, 2.24) is 29.1 Å². The normalized spacial score (nSPS) is 21.0. The summed E-state index contributed by atoms with van der Waals surface area (Å²) < 4.78 is 27.7. The second-order valence-corrected chi connectivity index (χ2v) is 6.44. The minimum Gasteiger partial charge on any atom is -0.274 e. The van der Waals surface area contributed by atoms with Gasteiger partial charge in [0.1, 0.15) is 4.90 Å². The summed E-state index contributed by atoms with van der Waals surface area (Å²) in [6.07, 6.45) is 6.79. The molecule has 1 atom stereocenters. The van der Waals surface area contributed by atoms with Crippen LogP contribution in [0.4, 0.5) is 0 Å². The molecule has 1 saturated heterocycles. The van der Waals surface area contributed by atoms with Gasteiger partial charge in [-0.1, -0.05) is 0 Å². The van der Waals surface area contributed by atoms with Gasteiger partial charge in [0.2, 0.25) is 10.0 Å². The first-order valence-corrected chi connectivity index (χ1v) is 7.36. The molecule has 0 aliphatic carbocycles. The monoisotopic (exact) mass is 282 g/mol. The van der Waals surface area contributed by atoms with E-state index < -0.39 is 10.0 Å². The van der Waals surface area contributed by atoms with Crippen molar-refractivity contribution < 1.29 is 8.42 Å². The molecular formula is C10H14N6O2S. The molecule has 0 radical (unpaired) electrons. The van der Waals surface area contributed by atoms with E-state index in [0.29, 0.717) is 19.5 Å². The second kappa shape index (κ2) is 4.42. The van der Waals surface area contributed by atoms with Crippen LogP contribution in [-0.2, 0) is 17.1 Å². The van der Waals surface area contributed by atoms with E-state index in [1.54, 1.807) is 24.2 Å². The Kier molecular flexibility index (Phi) is 2.86. The molecule has 3 heterocycles. The highest BCUT2D eigenvalue weighted by molar-refractivity contribution is 7.89. The molecule has 0 spiro atoms. The molecule has 1 aliphatic heterocycles. The van der Waals surface area contributed by atoms with Gasteiger partial charge in [-0.25, -0.2) is 8.42 Å². The quantitative estimate of drug-likeness (QED) is 0.768. The Balaban J connectivity index is 1.81. The van der Waals surface area contributed by atoms with Crippen molar-refractivity contribution in [2.45, 2.75) is 17.4 Å². The minimum absolute atomic E-state index is 0.00134. The van der Waals surface area contributed by atoms with E-state index in [2.05, 4.69) is 15.3 Å². The zero-order chi connectivity index (χ0) is 13.5. The molecule has 19 heavy (non-hydrogen) atoms. The first-order chi connectivity index (χ1) is 9.07. The van der Waals surface area contributed by atoms with E-state index in [1.807, 2.05) is 0 Å². The molecule has 0 unspecified atom stereocenters. The maximum absolute atomic E-state index is 12.4. The molecule has 0 aromatic carbocycles. The van der Waals surface area contributed by atoms with Gasteiger partial charge in [0, 0.05) is 26.3 Å². The summed E-state index contributed by atoms with van der Waals surface area (Å²) in [5.41, 5.74) is 0. The summed E-state index contributed by atoms with van der Waals surface area (Å²) in [5, 5.41) is 12.0. The summed E-state index contributed by atoms with van der Waals surface area (Å²) in [4.78, 5) is 1.79. The van der Waals surface area contributed by atoms with Crippen molar-refractivity contribution in [3.8, 4) is 0 Å². The van der Waals surface area contributed by atoms with Gasteiger partial charge in [-0.05, 0) is 6.42 Å². The Labute approximate surface area is 110 Å². The molecule has 0 saturated carbocycles. The van der Waals surface area contributed by atoms with Crippen LogP contribution in [0.3, 0.4) is 0 Å². The van der Waals surface area contributed by atoms with E-state index in [-0.39, 0.29) is 10.9 Å². The van der Waals surface area contributed by atoms with Gasteiger partial charge in [0.25, 0.3) is 0 Å². The van der Waals surface area contributed by atoms with Crippen molar-refractivity contribution in [3.05, 3.63) is 24.8 Å². The molecule has 102 valence electrons. The van der Waals surface area contributed by atoms with Gasteiger partial charge in [-0.3, -0.25) is 4.68 Å². The van der Waals surface area contributed by atoms with Crippen molar-refractivity contribution in [2.75, 3.05) is 13.1 Å². The summed E-state index contributed by atoms with van der Waals surface area (Å²) in [5.74, 6) is 0. The predicted molar refractivity (Wildman–Crippen MR) is 65.6 cm³/mol. The van der Waals surface area contributed by atoms with Crippen molar-refractivity contribution in [1.29, 1.82) is 0 Å². The second-order valence-electron chi connectivity index (χ2n) is 4.50. The summed E-state index contributed by atoms with van der Waals surface area (Å²) in [6, 6.07) is 0.00134. The number of aromatic nitrogens is 5. The Morgan fingerprint density at radius 2 is 2.00 bits per heavy atom. The summed E-state index contributed by atoms with van der Waals surface area (Å²) >= 11 is 0. The Morgan fingerprint density at radius 1 is 1.26 bits per heavy atom. The van der Waals surface area contributed by atoms with Gasteiger partial charge < -0.3 is 0 Å². The van der Waals surface area contributed by atoms with E-state index in [0.717, 1.165) is 0 Å². The van der Waals surface area contributed by atoms with Crippen LogP contribution in [-0.4, -0.2) is 50.6 Å². The maximum atomic E-state index is 12.4. The Hall–Kier alpha value is -1.74. The third kappa shape index (κ3) is 2.15. The highest BCUT2D eigenvalue weighted by Crippen LogP contribution is 2.25. The molecule has 0 amide bonds. The van der Waals surface area contributed by atoms with Crippen LogP contribution in [0.2, 0.25) is 0 Å². The lowest BCUT2D eigenvalue weighted by Gasteiger charge is -2.14. The first kappa shape index (κ1) is 12.3. The average Bonchev–Trinajstić information content (AvgIpc) is 3.10. The van der Waals surface area contributed by atoms with Crippen LogP contribution in [0.25, 0.3) is 0 Å².